The highest BCUT2D eigenvalue weighted by Crippen LogP contribution is 2.34. The Kier molecular flexibility index (Phi) is 5.78. The van der Waals surface area contributed by atoms with Crippen LogP contribution in [0.1, 0.15) is 48.0 Å². The first-order chi connectivity index (χ1) is 17.2. The average molecular weight is 468 g/mol. The minimum absolute atomic E-state index is 0.213. The van der Waals surface area contributed by atoms with Gasteiger partial charge >= 0.3 is 0 Å². The van der Waals surface area contributed by atoms with Crippen LogP contribution in [0.5, 0.6) is 0 Å². The number of aromatic nitrogens is 4. The van der Waals surface area contributed by atoms with Gasteiger partial charge in [0, 0.05) is 48.7 Å². The zero-order chi connectivity index (χ0) is 23.8. The van der Waals surface area contributed by atoms with Crippen molar-refractivity contribution in [1.29, 1.82) is 0 Å². The lowest BCUT2D eigenvalue weighted by molar-refractivity contribution is 0.0975. The van der Waals surface area contributed by atoms with E-state index >= 15 is 0 Å². The third-order valence-electron chi connectivity index (χ3n) is 6.98. The van der Waals surface area contributed by atoms with Gasteiger partial charge in [-0.15, -0.1) is 0 Å². The molecule has 1 atom stereocenters. The molecule has 4 aromatic rings. The maximum Gasteiger partial charge on any atom is 0.177 e. The summed E-state index contributed by atoms with van der Waals surface area (Å²) in [5.74, 6) is 0.824. The number of fused-ring (bicyclic) bond motifs is 1. The lowest BCUT2D eigenvalue weighted by Crippen LogP contribution is -2.19. The number of hydrogen-bond acceptors (Lipinski definition) is 6. The molecule has 1 saturated carbocycles. The predicted octanol–water partition coefficient (Wildman–Crippen LogP) is 5.34. The molecule has 3 aromatic heterocycles. The minimum atomic E-state index is 0.213. The fourth-order valence-electron chi connectivity index (χ4n) is 4.82. The fraction of sp³-hybridized carbons (Fsp3) is 0.357. The van der Waals surface area contributed by atoms with Crippen LogP contribution < -0.4 is 5.32 Å². The Labute approximate surface area is 204 Å². The van der Waals surface area contributed by atoms with Crippen molar-refractivity contribution in [2.45, 2.75) is 45.1 Å². The largest absolute Gasteiger partial charge is 0.379 e. The molecule has 1 saturated heterocycles. The SMILES string of the molecule is Cc1cc(-c2cnc3c(NCC4CCCO4)cc(-c4ccncc4)nn23)ccc1C(=O)CC1CC1. The van der Waals surface area contributed by atoms with Crippen LogP contribution in [-0.4, -0.2) is 44.6 Å². The van der Waals surface area contributed by atoms with E-state index in [1.165, 1.54) is 12.8 Å². The number of pyridine rings is 1. The summed E-state index contributed by atoms with van der Waals surface area (Å²) in [5.41, 5.74) is 7.19. The minimum Gasteiger partial charge on any atom is -0.379 e. The summed E-state index contributed by atoms with van der Waals surface area (Å²) >= 11 is 0. The van der Waals surface area contributed by atoms with E-state index < -0.39 is 0 Å². The maximum absolute atomic E-state index is 12.7. The zero-order valence-corrected chi connectivity index (χ0v) is 19.9. The number of ketones is 1. The van der Waals surface area contributed by atoms with Gasteiger partial charge in [-0.1, -0.05) is 12.1 Å². The van der Waals surface area contributed by atoms with Crippen LogP contribution in [0, 0.1) is 12.8 Å². The standard InChI is InChI=1S/C28H29N5O2/c1-18-13-21(6-7-23(18)27(34)14-19-4-5-19)26-17-31-28-25(30-16-22-3-2-12-35-22)15-24(32-33(26)28)20-8-10-29-11-9-20/h6-11,13,15,17,19,22,30H,2-5,12,14,16H2,1H3. The third-order valence-corrected chi connectivity index (χ3v) is 6.98. The summed E-state index contributed by atoms with van der Waals surface area (Å²) in [6.45, 7) is 3.57. The van der Waals surface area contributed by atoms with Gasteiger partial charge in [0.15, 0.2) is 11.4 Å². The summed E-state index contributed by atoms with van der Waals surface area (Å²) < 4.78 is 7.70. The van der Waals surface area contributed by atoms with Gasteiger partial charge in [-0.05, 0) is 68.4 Å². The van der Waals surface area contributed by atoms with Crippen LogP contribution in [0.3, 0.4) is 0 Å². The van der Waals surface area contributed by atoms with Crippen molar-refractivity contribution >= 4 is 17.1 Å². The molecule has 2 aliphatic rings. The van der Waals surface area contributed by atoms with Crippen LogP contribution in [0.25, 0.3) is 28.2 Å². The first-order valence-corrected chi connectivity index (χ1v) is 12.4. The number of benzene rings is 1. The van der Waals surface area contributed by atoms with E-state index in [1.807, 2.05) is 48.0 Å². The van der Waals surface area contributed by atoms with Crippen LogP contribution in [0.2, 0.25) is 0 Å². The molecular weight excluding hydrogens is 438 g/mol. The van der Waals surface area contributed by atoms with Crippen molar-refractivity contribution in [2.24, 2.45) is 5.92 Å². The topological polar surface area (TPSA) is 81.4 Å². The number of Topliss-reactive ketones (excluding diaryl/α,β-unsaturated/α-hetero) is 1. The van der Waals surface area contributed by atoms with Crippen molar-refractivity contribution in [2.75, 3.05) is 18.5 Å². The first kappa shape index (κ1) is 21.9. The van der Waals surface area contributed by atoms with E-state index in [2.05, 4.69) is 16.4 Å². The molecule has 6 rings (SSSR count). The number of imidazole rings is 1. The molecule has 7 nitrogen and oxygen atoms in total. The number of hydrogen-bond donors (Lipinski definition) is 1. The molecule has 1 aliphatic carbocycles. The monoisotopic (exact) mass is 467 g/mol. The zero-order valence-electron chi connectivity index (χ0n) is 19.9. The Bertz CT molecular complexity index is 1370. The van der Waals surface area contributed by atoms with E-state index in [0.717, 1.165) is 71.0 Å². The highest BCUT2D eigenvalue weighted by molar-refractivity contribution is 5.98. The molecule has 7 heteroatoms. The van der Waals surface area contributed by atoms with Gasteiger partial charge in [-0.2, -0.15) is 5.10 Å². The van der Waals surface area contributed by atoms with E-state index in [1.54, 1.807) is 12.4 Å². The number of ether oxygens (including phenoxy) is 1. The molecule has 0 bridgehead atoms. The summed E-state index contributed by atoms with van der Waals surface area (Å²) in [5, 5.41) is 8.50. The summed E-state index contributed by atoms with van der Waals surface area (Å²) in [7, 11) is 0. The third kappa shape index (κ3) is 4.56. The van der Waals surface area contributed by atoms with Gasteiger partial charge in [0.05, 0.1) is 29.4 Å². The summed E-state index contributed by atoms with van der Waals surface area (Å²) in [6, 6.07) is 12.0. The smallest absolute Gasteiger partial charge is 0.177 e. The quantitative estimate of drug-likeness (QED) is 0.352. The Morgan fingerprint density at radius 1 is 1.11 bits per heavy atom. The van der Waals surface area contributed by atoms with Gasteiger partial charge in [0.2, 0.25) is 0 Å². The molecule has 0 radical (unpaired) electrons. The van der Waals surface area contributed by atoms with Gasteiger partial charge in [0.1, 0.15) is 0 Å². The van der Waals surface area contributed by atoms with Gasteiger partial charge in [0.25, 0.3) is 0 Å². The number of rotatable bonds is 8. The number of nitrogens with one attached hydrogen (secondary N) is 1. The molecule has 2 fully saturated rings. The van der Waals surface area contributed by atoms with E-state index in [9.17, 15) is 4.79 Å². The Morgan fingerprint density at radius 2 is 1.97 bits per heavy atom. The average Bonchev–Trinajstić information content (AvgIpc) is 3.35. The van der Waals surface area contributed by atoms with Crippen LogP contribution in [0.15, 0.2) is 55.0 Å². The molecule has 0 spiro atoms. The van der Waals surface area contributed by atoms with Gasteiger partial charge in [-0.3, -0.25) is 9.78 Å². The second-order valence-electron chi connectivity index (χ2n) is 9.67. The fourth-order valence-corrected chi connectivity index (χ4v) is 4.82. The van der Waals surface area contributed by atoms with E-state index in [0.29, 0.717) is 12.3 Å². The highest BCUT2D eigenvalue weighted by atomic mass is 16.5. The first-order valence-electron chi connectivity index (χ1n) is 12.4. The predicted molar refractivity (Wildman–Crippen MR) is 136 cm³/mol. The number of nitrogens with zero attached hydrogens (tertiary/aromatic N) is 4. The molecule has 1 unspecified atom stereocenters. The van der Waals surface area contributed by atoms with Gasteiger partial charge < -0.3 is 10.1 Å². The Balaban J connectivity index is 1.39. The molecule has 0 amide bonds. The van der Waals surface area contributed by atoms with Crippen molar-refractivity contribution in [3.05, 3.63) is 66.1 Å². The van der Waals surface area contributed by atoms with Crippen molar-refractivity contribution < 1.29 is 9.53 Å². The molecule has 35 heavy (non-hydrogen) atoms. The van der Waals surface area contributed by atoms with E-state index in [-0.39, 0.29) is 11.9 Å². The van der Waals surface area contributed by atoms with Crippen LogP contribution in [0.4, 0.5) is 5.69 Å². The summed E-state index contributed by atoms with van der Waals surface area (Å²) in [6.07, 6.45) is 10.8. The van der Waals surface area contributed by atoms with Gasteiger partial charge in [-0.25, -0.2) is 9.50 Å². The number of carbonyl (C=O) groups is 1. The molecule has 1 N–H and O–H groups in total. The molecule has 178 valence electrons. The maximum atomic E-state index is 12.7. The Hall–Kier alpha value is -3.58. The lowest BCUT2D eigenvalue weighted by atomic mass is 9.98. The molecule has 1 aromatic carbocycles. The Morgan fingerprint density at radius 3 is 2.71 bits per heavy atom. The molecular formula is C28H29N5O2. The molecule has 1 aliphatic heterocycles. The lowest BCUT2D eigenvalue weighted by Gasteiger charge is -2.14. The number of anilines is 1. The van der Waals surface area contributed by atoms with Crippen molar-refractivity contribution in [1.82, 2.24) is 19.6 Å². The van der Waals surface area contributed by atoms with Crippen LogP contribution in [-0.2, 0) is 4.74 Å². The van der Waals surface area contributed by atoms with Crippen LogP contribution >= 0.6 is 0 Å². The highest BCUT2D eigenvalue weighted by Gasteiger charge is 2.26. The normalized spacial score (nSPS) is 17.7. The van der Waals surface area contributed by atoms with Crippen molar-refractivity contribution in [3.8, 4) is 22.5 Å². The van der Waals surface area contributed by atoms with Crippen molar-refractivity contribution in [3.63, 3.8) is 0 Å². The summed E-state index contributed by atoms with van der Waals surface area (Å²) in [4.78, 5) is 21.6. The second-order valence-corrected chi connectivity index (χ2v) is 9.67. The molecule has 4 heterocycles. The van der Waals surface area contributed by atoms with E-state index in [4.69, 9.17) is 14.8 Å². The number of aryl methyl sites for hydroxylation is 1. The second kappa shape index (κ2) is 9.23. The number of carbonyl (C=O) groups excluding carboxylic acids is 1.